The maximum Gasteiger partial charge on any atom is 0.506 e. The zero-order chi connectivity index (χ0) is 17.9. The third-order valence-corrected chi connectivity index (χ3v) is 8.07. The Morgan fingerprint density at radius 1 is 1.32 bits per heavy atom. The first-order valence-corrected chi connectivity index (χ1v) is 9.56. The highest BCUT2D eigenvalue weighted by atomic mass is 16.7. The normalized spacial score (nSPS) is 44.9. The van der Waals surface area contributed by atoms with E-state index < -0.39 is 11.8 Å². The van der Waals surface area contributed by atoms with Gasteiger partial charge in [-0.3, -0.25) is 0 Å². The first-order chi connectivity index (χ1) is 11.9. The van der Waals surface area contributed by atoms with E-state index >= 15 is 0 Å². The van der Waals surface area contributed by atoms with Crippen molar-refractivity contribution >= 4 is 6.16 Å². The SMILES string of the molecule is C=C=C1CC[C@H]2[C@@H]3CC=C4C=CCC[C@]4(C)[C@@]3(OC(=O)O)CC[C@]12C. The van der Waals surface area contributed by atoms with Gasteiger partial charge in [-0.05, 0) is 67.4 Å². The van der Waals surface area contributed by atoms with Gasteiger partial charge in [-0.1, -0.05) is 38.7 Å². The van der Waals surface area contributed by atoms with Gasteiger partial charge >= 0.3 is 6.16 Å². The summed E-state index contributed by atoms with van der Waals surface area (Å²) in [5, 5.41) is 9.62. The fourth-order valence-electron chi connectivity index (χ4n) is 6.70. The molecule has 0 radical (unpaired) electrons. The van der Waals surface area contributed by atoms with Gasteiger partial charge in [-0.15, -0.1) is 5.73 Å². The summed E-state index contributed by atoms with van der Waals surface area (Å²) in [6, 6.07) is 0. The summed E-state index contributed by atoms with van der Waals surface area (Å²) < 4.78 is 5.87. The van der Waals surface area contributed by atoms with Crippen LogP contribution in [-0.2, 0) is 4.74 Å². The number of hydrogen-bond donors (Lipinski definition) is 1. The van der Waals surface area contributed by atoms with Crippen LogP contribution in [0.5, 0.6) is 0 Å². The van der Waals surface area contributed by atoms with Gasteiger partial charge in [-0.25, -0.2) is 4.79 Å². The molecule has 2 saturated carbocycles. The van der Waals surface area contributed by atoms with E-state index in [0.717, 1.165) is 44.9 Å². The van der Waals surface area contributed by atoms with Gasteiger partial charge in [0.1, 0.15) is 5.60 Å². The molecule has 0 spiro atoms. The van der Waals surface area contributed by atoms with Crippen LogP contribution < -0.4 is 0 Å². The molecular formula is C22H28O3. The topological polar surface area (TPSA) is 46.5 Å². The van der Waals surface area contributed by atoms with E-state index in [9.17, 15) is 9.90 Å². The van der Waals surface area contributed by atoms with E-state index in [2.05, 4.69) is 44.4 Å². The molecule has 4 aliphatic rings. The summed E-state index contributed by atoms with van der Waals surface area (Å²) in [5.41, 5.74) is 5.10. The summed E-state index contributed by atoms with van der Waals surface area (Å²) in [6.45, 7) is 8.49. The van der Waals surface area contributed by atoms with Crippen molar-refractivity contribution in [2.45, 2.75) is 64.4 Å². The number of rotatable bonds is 1. The third kappa shape index (κ3) is 2.02. The Balaban J connectivity index is 1.86. The van der Waals surface area contributed by atoms with E-state index in [-0.39, 0.29) is 16.7 Å². The molecule has 0 bridgehead atoms. The second-order valence-electron chi connectivity index (χ2n) is 8.75. The van der Waals surface area contributed by atoms with Gasteiger partial charge in [-0.2, -0.15) is 0 Å². The van der Waals surface area contributed by atoms with Crippen molar-refractivity contribution in [1.29, 1.82) is 0 Å². The summed E-state index contributed by atoms with van der Waals surface area (Å²) >= 11 is 0. The largest absolute Gasteiger partial charge is 0.506 e. The van der Waals surface area contributed by atoms with Crippen molar-refractivity contribution in [2.75, 3.05) is 0 Å². The first kappa shape index (κ1) is 16.7. The molecule has 0 heterocycles. The van der Waals surface area contributed by atoms with Gasteiger partial charge in [0, 0.05) is 11.3 Å². The van der Waals surface area contributed by atoms with E-state index in [1.165, 1.54) is 11.1 Å². The molecule has 0 aromatic heterocycles. The standard InChI is InChI=1S/C22H28O3/c1-4-15-8-10-17-18-11-9-16-7-5-6-12-21(16,3)22(18,25-19(23)24)14-13-20(15,17)2/h5,7,9,17-18H,1,6,8,10-14H2,2-3H3,(H,23,24)/t17-,18-,20+,21-,22+/m0/s1. The van der Waals surface area contributed by atoms with Crippen molar-refractivity contribution in [3.63, 3.8) is 0 Å². The van der Waals surface area contributed by atoms with Crippen LogP contribution in [0.3, 0.4) is 0 Å². The van der Waals surface area contributed by atoms with Crippen molar-refractivity contribution in [3.05, 3.63) is 41.7 Å². The van der Waals surface area contributed by atoms with Crippen LogP contribution in [-0.4, -0.2) is 16.9 Å². The number of hydrogen-bond acceptors (Lipinski definition) is 2. The molecule has 0 saturated heterocycles. The Kier molecular flexibility index (Phi) is 3.60. The number of allylic oxidation sites excluding steroid dienone is 4. The molecule has 1 N–H and O–H groups in total. The molecule has 5 atom stereocenters. The Hall–Kier alpha value is -1.73. The van der Waals surface area contributed by atoms with Gasteiger partial charge in [0.05, 0.1) is 0 Å². The highest BCUT2D eigenvalue weighted by molar-refractivity contribution is 5.59. The molecule has 0 aliphatic heterocycles. The van der Waals surface area contributed by atoms with Gasteiger partial charge < -0.3 is 9.84 Å². The van der Waals surface area contributed by atoms with E-state index in [4.69, 9.17) is 4.74 Å². The fraction of sp³-hybridized carbons (Fsp3) is 0.636. The van der Waals surface area contributed by atoms with Gasteiger partial charge in [0.2, 0.25) is 0 Å². The number of fused-ring (bicyclic) bond motifs is 5. The van der Waals surface area contributed by atoms with Crippen molar-refractivity contribution < 1.29 is 14.6 Å². The predicted octanol–water partition coefficient (Wildman–Crippen LogP) is 5.64. The Morgan fingerprint density at radius 2 is 2.12 bits per heavy atom. The molecule has 0 aromatic carbocycles. The van der Waals surface area contributed by atoms with Gasteiger partial charge in [0.15, 0.2) is 0 Å². The lowest BCUT2D eigenvalue weighted by molar-refractivity contribution is -0.180. The summed E-state index contributed by atoms with van der Waals surface area (Å²) in [4.78, 5) is 11.7. The van der Waals surface area contributed by atoms with Crippen molar-refractivity contribution in [2.24, 2.45) is 22.7 Å². The second-order valence-corrected chi connectivity index (χ2v) is 8.75. The van der Waals surface area contributed by atoms with Crippen molar-refractivity contribution in [1.82, 2.24) is 0 Å². The van der Waals surface area contributed by atoms with Crippen LogP contribution in [0.25, 0.3) is 0 Å². The lowest BCUT2D eigenvalue weighted by Crippen LogP contribution is -2.63. The minimum atomic E-state index is -1.12. The lowest BCUT2D eigenvalue weighted by Gasteiger charge is -2.61. The van der Waals surface area contributed by atoms with Crippen LogP contribution in [0.15, 0.2) is 41.7 Å². The minimum Gasteiger partial charge on any atom is -0.450 e. The second kappa shape index (κ2) is 5.38. The average molecular weight is 340 g/mol. The summed E-state index contributed by atoms with van der Waals surface area (Å²) in [6.07, 6.45) is 12.4. The molecular weight excluding hydrogens is 312 g/mol. The lowest BCUT2D eigenvalue weighted by atomic mass is 9.46. The smallest absolute Gasteiger partial charge is 0.450 e. The average Bonchev–Trinajstić information content (AvgIpc) is 2.91. The zero-order valence-electron chi connectivity index (χ0n) is 15.3. The molecule has 2 fully saturated rings. The summed E-state index contributed by atoms with van der Waals surface area (Å²) in [5.74, 6) is 0.693. The van der Waals surface area contributed by atoms with Crippen molar-refractivity contribution in [3.8, 4) is 0 Å². The van der Waals surface area contributed by atoms with E-state index in [1.54, 1.807) is 0 Å². The Bertz CT molecular complexity index is 726. The Labute approximate surface area is 150 Å². The predicted molar refractivity (Wildman–Crippen MR) is 97.2 cm³/mol. The Morgan fingerprint density at radius 3 is 2.84 bits per heavy atom. The molecule has 4 aliphatic carbocycles. The van der Waals surface area contributed by atoms with Crippen LogP contribution in [0.2, 0.25) is 0 Å². The van der Waals surface area contributed by atoms with E-state index in [0.29, 0.717) is 5.92 Å². The maximum atomic E-state index is 11.7. The quantitative estimate of drug-likeness (QED) is 0.496. The molecule has 134 valence electrons. The molecule has 4 rings (SSSR count). The third-order valence-electron chi connectivity index (χ3n) is 8.07. The molecule has 0 aromatic rings. The molecule has 3 heteroatoms. The van der Waals surface area contributed by atoms with Crippen LogP contribution >= 0.6 is 0 Å². The highest BCUT2D eigenvalue weighted by Gasteiger charge is 2.66. The fourth-order valence-corrected chi connectivity index (χ4v) is 6.70. The molecule has 0 amide bonds. The van der Waals surface area contributed by atoms with E-state index in [1.807, 2.05) is 0 Å². The maximum absolute atomic E-state index is 11.7. The minimum absolute atomic E-state index is 0.101. The number of carboxylic acid groups (broad SMARTS) is 1. The molecule has 25 heavy (non-hydrogen) atoms. The highest BCUT2D eigenvalue weighted by Crippen LogP contribution is 2.68. The summed E-state index contributed by atoms with van der Waals surface area (Å²) in [7, 11) is 0. The molecule has 0 unspecified atom stereocenters. The van der Waals surface area contributed by atoms with Crippen LogP contribution in [0.4, 0.5) is 4.79 Å². The monoisotopic (exact) mass is 340 g/mol. The number of ether oxygens (including phenoxy) is 1. The van der Waals surface area contributed by atoms with Crippen LogP contribution in [0, 0.1) is 22.7 Å². The first-order valence-electron chi connectivity index (χ1n) is 9.56. The van der Waals surface area contributed by atoms with Crippen LogP contribution in [0.1, 0.15) is 58.8 Å². The number of carbonyl (C=O) groups is 1. The van der Waals surface area contributed by atoms with Gasteiger partial charge in [0.25, 0.3) is 0 Å². The zero-order valence-corrected chi connectivity index (χ0v) is 15.3. The molecule has 3 nitrogen and oxygen atoms in total.